The number of thiazole rings is 1. The van der Waals surface area contributed by atoms with Crippen LogP contribution in [-0.2, 0) is 6.42 Å². The zero-order valence-electron chi connectivity index (χ0n) is 23.0. The second-order valence-electron chi connectivity index (χ2n) is 10.1. The van der Waals surface area contributed by atoms with Crippen molar-refractivity contribution in [1.29, 1.82) is 0 Å². The van der Waals surface area contributed by atoms with E-state index in [1.54, 1.807) is 16.9 Å². The van der Waals surface area contributed by atoms with Crippen molar-refractivity contribution >= 4 is 29.1 Å². The Hall–Kier alpha value is -4.18. The van der Waals surface area contributed by atoms with Crippen LogP contribution in [0, 0.1) is 0 Å². The molecule has 2 aromatic carbocycles. The molecule has 1 aliphatic heterocycles. The number of likely N-dealkylation sites (tertiary alicyclic amines) is 1. The minimum atomic E-state index is -0.162. The summed E-state index contributed by atoms with van der Waals surface area (Å²) in [6.07, 6.45) is 2.28. The summed E-state index contributed by atoms with van der Waals surface area (Å²) in [4.78, 5) is 34.3. The van der Waals surface area contributed by atoms with Crippen LogP contribution in [0.1, 0.15) is 46.7 Å². The van der Waals surface area contributed by atoms with Gasteiger partial charge in [0.2, 0.25) is 0 Å². The molecule has 4 aromatic rings. The standard InChI is InChI=1S/C30H34N6O3S/c1-20(17-23-11-7-8-12-26(23)39-3)35(2)29(37)25-19-40-28(31-25)22-13-15-36(16-14-22)30(38)32-27-18-24(33-34-27)21-9-5-4-6-10-21/h4-12,18-20,22H,13-17H2,1-3H3,(H2,32,33,34,38). The first kappa shape index (κ1) is 27.4. The monoisotopic (exact) mass is 558 g/mol. The number of hydrogen-bond acceptors (Lipinski definition) is 6. The van der Waals surface area contributed by atoms with E-state index in [0.29, 0.717) is 31.0 Å². The van der Waals surface area contributed by atoms with Crippen molar-refractivity contribution in [3.63, 3.8) is 0 Å². The van der Waals surface area contributed by atoms with Gasteiger partial charge in [-0.25, -0.2) is 9.78 Å². The van der Waals surface area contributed by atoms with E-state index in [-0.39, 0.29) is 23.9 Å². The number of rotatable bonds is 8. The number of aromatic nitrogens is 3. The largest absolute Gasteiger partial charge is 0.496 e. The lowest BCUT2D eigenvalue weighted by Crippen LogP contribution is -2.40. The predicted molar refractivity (Wildman–Crippen MR) is 157 cm³/mol. The minimum absolute atomic E-state index is 0.0195. The number of urea groups is 1. The number of carbonyl (C=O) groups excluding carboxylic acids is 2. The van der Waals surface area contributed by atoms with Crippen LogP contribution in [0.5, 0.6) is 5.75 Å². The molecule has 2 aromatic heterocycles. The number of nitrogens with zero attached hydrogens (tertiary/aromatic N) is 4. The van der Waals surface area contributed by atoms with Gasteiger partial charge in [0, 0.05) is 43.5 Å². The van der Waals surface area contributed by atoms with Crippen LogP contribution in [-0.4, -0.2) is 70.2 Å². The van der Waals surface area contributed by atoms with E-state index in [1.165, 1.54) is 11.3 Å². The van der Waals surface area contributed by atoms with Gasteiger partial charge in [0.1, 0.15) is 11.4 Å². The number of amides is 3. The van der Waals surface area contributed by atoms with Gasteiger partial charge in [-0.05, 0) is 43.4 Å². The Bertz CT molecular complexity index is 1440. The minimum Gasteiger partial charge on any atom is -0.496 e. The fourth-order valence-corrected chi connectivity index (χ4v) is 5.92. The summed E-state index contributed by atoms with van der Waals surface area (Å²) >= 11 is 1.52. The molecule has 2 N–H and O–H groups in total. The van der Waals surface area contributed by atoms with Crippen LogP contribution in [0.3, 0.4) is 0 Å². The van der Waals surface area contributed by atoms with E-state index >= 15 is 0 Å². The molecule has 208 valence electrons. The molecule has 3 amide bonds. The lowest BCUT2D eigenvalue weighted by molar-refractivity contribution is 0.0737. The smallest absolute Gasteiger partial charge is 0.323 e. The van der Waals surface area contributed by atoms with Crippen molar-refractivity contribution in [2.24, 2.45) is 0 Å². The first-order valence-corrected chi connectivity index (χ1v) is 14.3. The van der Waals surface area contributed by atoms with Crippen LogP contribution in [0.2, 0.25) is 0 Å². The van der Waals surface area contributed by atoms with Gasteiger partial charge in [-0.15, -0.1) is 11.3 Å². The highest BCUT2D eigenvalue weighted by Crippen LogP contribution is 2.31. The van der Waals surface area contributed by atoms with Crippen molar-refractivity contribution in [1.82, 2.24) is 25.0 Å². The first-order chi connectivity index (χ1) is 19.4. The van der Waals surface area contributed by atoms with E-state index in [1.807, 2.05) is 80.0 Å². The van der Waals surface area contributed by atoms with E-state index in [4.69, 9.17) is 9.72 Å². The third-order valence-corrected chi connectivity index (χ3v) is 8.47. The lowest BCUT2D eigenvalue weighted by atomic mass is 9.98. The Kier molecular flexibility index (Phi) is 8.45. The average molecular weight is 559 g/mol. The average Bonchev–Trinajstić information content (AvgIpc) is 3.68. The van der Waals surface area contributed by atoms with Crippen LogP contribution < -0.4 is 10.1 Å². The van der Waals surface area contributed by atoms with Gasteiger partial charge in [-0.2, -0.15) is 5.10 Å². The molecule has 1 aliphatic rings. The quantitative estimate of drug-likeness (QED) is 0.291. The number of likely N-dealkylation sites (N-methyl/N-ethyl adjacent to an activating group) is 1. The molecule has 0 radical (unpaired) electrons. The molecule has 1 saturated heterocycles. The van der Waals surface area contributed by atoms with E-state index in [0.717, 1.165) is 40.4 Å². The molecule has 3 heterocycles. The zero-order valence-corrected chi connectivity index (χ0v) is 23.8. The van der Waals surface area contributed by atoms with Gasteiger partial charge in [-0.1, -0.05) is 48.5 Å². The van der Waals surface area contributed by atoms with Gasteiger partial charge < -0.3 is 14.5 Å². The molecule has 10 heteroatoms. The summed E-state index contributed by atoms with van der Waals surface area (Å²) in [5.41, 5.74) is 3.40. The van der Waals surface area contributed by atoms with Crippen molar-refractivity contribution in [2.45, 2.75) is 38.1 Å². The summed E-state index contributed by atoms with van der Waals surface area (Å²) in [7, 11) is 3.48. The SMILES string of the molecule is COc1ccccc1CC(C)N(C)C(=O)c1csc(C2CCN(C(=O)Nc3cc(-c4ccccc4)[nH]n3)CC2)n1. The summed E-state index contributed by atoms with van der Waals surface area (Å²) in [5.74, 6) is 1.46. The second kappa shape index (κ2) is 12.3. The molecular weight excluding hydrogens is 524 g/mol. The molecule has 1 atom stereocenters. The zero-order chi connectivity index (χ0) is 28.1. The molecule has 0 saturated carbocycles. The number of ether oxygens (including phenoxy) is 1. The predicted octanol–water partition coefficient (Wildman–Crippen LogP) is 5.66. The molecular formula is C30H34N6O3S. The van der Waals surface area contributed by atoms with Gasteiger partial charge in [0.25, 0.3) is 5.91 Å². The van der Waals surface area contributed by atoms with Crippen molar-refractivity contribution in [3.05, 3.63) is 82.3 Å². The third kappa shape index (κ3) is 6.17. The lowest BCUT2D eigenvalue weighted by Gasteiger charge is -2.30. The second-order valence-corrected chi connectivity index (χ2v) is 11.0. The number of aromatic amines is 1. The van der Waals surface area contributed by atoms with Gasteiger partial charge in [-0.3, -0.25) is 15.2 Å². The number of anilines is 1. The first-order valence-electron chi connectivity index (χ1n) is 13.4. The maximum Gasteiger partial charge on any atom is 0.323 e. The van der Waals surface area contributed by atoms with Crippen LogP contribution in [0.15, 0.2) is 66.0 Å². The van der Waals surface area contributed by atoms with Crippen molar-refractivity contribution in [3.8, 4) is 17.0 Å². The van der Waals surface area contributed by atoms with E-state index in [2.05, 4.69) is 15.5 Å². The maximum absolute atomic E-state index is 13.2. The Balaban J connectivity index is 1.13. The summed E-state index contributed by atoms with van der Waals surface area (Å²) in [6.45, 7) is 3.26. The number of carbonyl (C=O) groups is 2. The van der Waals surface area contributed by atoms with E-state index in [9.17, 15) is 9.59 Å². The summed E-state index contributed by atoms with van der Waals surface area (Å²) in [5, 5.41) is 12.9. The van der Waals surface area contributed by atoms with Crippen LogP contribution in [0.25, 0.3) is 11.3 Å². The molecule has 1 unspecified atom stereocenters. The Morgan fingerprint density at radius 3 is 2.62 bits per heavy atom. The van der Waals surface area contributed by atoms with Crippen LogP contribution in [0.4, 0.5) is 10.6 Å². The third-order valence-electron chi connectivity index (χ3n) is 7.46. The maximum atomic E-state index is 13.2. The van der Waals surface area contributed by atoms with Gasteiger partial charge in [0.15, 0.2) is 5.82 Å². The number of nitrogens with one attached hydrogen (secondary N) is 2. The highest BCUT2D eigenvalue weighted by molar-refractivity contribution is 7.09. The fourth-order valence-electron chi connectivity index (χ4n) is 4.95. The normalized spacial score (nSPS) is 14.5. The molecule has 0 aliphatic carbocycles. The van der Waals surface area contributed by atoms with Crippen molar-refractivity contribution < 1.29 is 14.3 Å². The molecule has 1 fully saturated rings. The molecule has 0 spiro atoms. The molecule has 0 bridgehead atoms. The Morgan fingerprint density at radius 1 is 1.15 bits per heavy atom. The summed E-state index contributed by atoms with van der Waals surface area (Å²) in [6, 6.07) is 19.4. The number of methoxy groups -OCH3 is 1. The number of H-pyrrole nitrogens is 1. The van der Waals surface area contributed by atoms with Gasteiger partial charge >= 0.3 is 6.03 Å². The Labute approximate surface area is 238 Å². The fraction of sp³-hybridized carbons (Fsp3) is 0.333. The number of piperidine rings is 1. The highest BCUT2D eigenvalue weighted by atomic mass is 32.1. The number of hydrogen-bond donors (Lipinski definition) is 2. The molecule has 9 nitrogen and oxygen atoms in total. The number of para-hydroxylation sites is 1. The highest BCUT2D eigenvalue weighted by Gasteiger charge is 2.28. The topological polar surface area (TPSA) is 103 Å². The van der Waals surface area contributed by atoms with Gasteiger partial charge in [0.05, 0.1) is 17.8 Å². The van der Waals surface area contributed by atoms with Crippen LogP contribution >= 0.6 is 11.3 Å². The number of benzene rings is 2. The Morgan fingerprint density at radius 2 is 1.88 bits per heavy atom. The summed E-state index contributed by atoms with van der Waals surface area (Å²) < 4.78 is 5.46. The molecule has 40 heavy (non-hydrogen) atoms. The van der Waals surface area contributed by atoms with Crippen molar-refractivity contribution in [2.75, 3.05) is 32.6 Å². The van der Waals surface area contributed by atoms with E-state index < -0.39 is 0 Å². The molecule has 5 rings (SSSR count).